The summed E-state index contributed by atoms with van der Waals surface area (Å²) in [6, 6.07) is 11.7. The maximum atomic E-state index is 13.8. The van der Waals surface area contributed by atoms with Crippen LogP contribution < -0.4 is 11.1 Å². The molecule has 0 bridgehead atoms. The van der Waals surface area contributed by atoms with Gasteiger partial charge in [0.25, 0.3) is 0 Å². The quantitative estimate of drug-likeness (QED) is 0.907. The zero-order valence-corrected chi connectivity index (χ0v) is 10.7. The minimum Gasteiger partial charge on any atom is -0.322 e. The molecule has 2 aromatic rings. The molecule has 3 nitrogen and oxygen atoms in total. The second-order valence-electron chi connectivity index (χ2n) is 3.96. The topological polar surface area (TPSA) is 55.1 Å². The third-order valence-electron chi connectivity index (χ3n) is 2.59. The molecule has 0 aliphatic carbocycles. The number of anilines is 1. The molecule has 1 amide bonds. The van der Waals surface area contributed by atoms with E-state index in [2.05, 4.69) is 5.32 Å². The highest BCUT2D eigenvalue weighted by atomic mass is 35.5. The molecule has 0 saturated carbocycles. The van der Waals surface area contributed by atoms with E-state index in [0.29, 0.717) is 10.6 Å². The summed E-state index contributed by atoms with van der Waals surface area (Å²) in [5, 5.41) is 2.97. The third kappa shape index (κ3) is 3.30. The van der Waals surface area contributed by atoms with Crippen molar-refractivity contribution in [3.63, 3.8) is 0 Å². The molecule has 3 N–H and O–H groups in total. The van der Waals surface area contributed by atoms with E-state index >= 15 is 0 Å². The van der Waals surface area contributed by atoms with Crippen LogP contribution in [0.4, 0.5) is 10.1 Å². The van der Waals surface area contributed by atoms with Crippen molar-refractivity contribution in [2.45, 2.75) is 0 Å². The van der Waals surface area contributed by atoms with Crippen molar-refractivity contribution in [3.8, 4) is 11.1 Å². The largest absolute Gasteiger partial charge is 0.322 e. The Balaban J connectivity index is 2.31. The average Bonchev–Trinajstić information content (AvgIpc) is 2.41. The highest BCUT2D eigenvalue weighted by molar-refractivity contribution is 6.30. The highest BCUT2D eigenvalue weighted by Gasteiger charge is 2.07. The van der Waals surface area contributed by atoms with Gasteiger partial charge in [-0.2, -0.15) is 0 Å². The van der Waals surface area contributed by atoms with Gasteiger partial charge in [-0.15, -0.1) is 0 Å². The summed E-state index contributed by atoms with van der Waals surface area (Å²) in [5.41, 5.74) is 6.76. The average molecular weight is 279 g/mol. The van der Waals surface area contributed by atoms with Crippen LogP contribution in [0.5, 0.6) is 0 Å². The molecular weight excluding hydrogens is 267 g/mol. The van der Waals surface area contributed by atoms with Crippen LogP contribution in [0, 0.1) is 5.82 Å². The molecule has 0 saturated heterocycles. The predicted molar refractivity (Wildman–Crippen MR) is 74.5 cm³/mol. The first kappa shape index (κ1) is 13.5. The molecule has 0 unspecified atom stereocenters. The lowest BCUT2D eigenvalue weighted by Gasteiger charge is -2.08. The van der Waals surface area contributed by atoms with Crippen molar-refractivity contribution in [2.75, 3.05) is 11.9 Å². The van der Waals surface area contributed by atoms with E-state index in [4.69, 9.17) is 17.3 Å². The fourth-order valence-corrected chi connectivity index (χ4v) is 1.86. The smallest absolute Gasteiger partial charge is 0.238 e. The molecule has 0 aliphatic heterocycles. The number of nitrogens with one attached hydrogen (secondary N) is 1. The van der Waals surface area contributed by atoms with E-state index in [9.17, 15) is 9.18 Å². The van der Waals surface area contributed by atoms with E-state index in [-0.39, 0.29) is 12.2 Å². The summed E-state index contributed by atoms with van der Waals surface area (Å²) in [5.74, 6) is -0.950. The van der Waals surface area contributed by atoms with Gasteiger partial charge in [0.1, 0.15) is 5.82 Å². The molecule has 5 heteroatoms. The number of carbonyl (C=O) groups excluding carboxylic acids is 1. The minimum atomic E-state index is -0.515. The number of amides is 1. The lowest BCUT2D eigenvalue weighted by Crippen LogP contribution is -2.22. The first-order chi connectivity index (χ1) is 9.10. The van der Waals surface area contributed by atoms with Crippen molar-refractivity contribution >= 4 is 23.2 Å². The van der Waals surface area contributed by atoms with Gasteiger partial charge in [0, 0.05) is 5.02 Å². The summed E-state index contributed by atoms with van der Waals surface area (Å²) in [6.45, 7) is -0.185. The van der Waals surface area contributed by atoms with Gasteiger partial charge in [-0.05, 0) is 35.4 Å². The molecule has 0 spiro atoms. The minimum absolute atomic E-state index is 0.112. The molecule has 0 radical (unpaired) electrons. The van der Waals surface area contributed by atoms with Crippen LogP contribution in [0.3, 0.4) is 0 Å². The van der Waals surface area contributed by atoms with Gasteiger partial charge < -0.3 is 11.1 Å². The van der Waals surface area contributed by atoms with E-state index in [0.717, 1.165) is 5.56 Å². The molecule has 2 aromatic carbocycles. The van der Waals surface area contributed by atoms with Crippen LogP contribution in [0.25, 0.3) is 11.1 Å². The van der Waals surface area contributed by atoms with Gasteiger partial charge in [0.15, 0.2) is 0 Å². The van der Waals surface area contributed by atoms with Crippen LogP contribution >= 0.6 is 11.6 Å². The Kier molecular flexibility index (Phi) is 4.14. The van der Waals surface area contributed by atoms with E-state index in [1.54, 1.807) is 24.3 Å². The Morgan fingerprint density at radius 3 is 2.58 bits per heavy atom. The SMILES string of the molecule is NCC(=O)Nc1ccc(-c2cccc(Cl)c2)cc1F. The van der Waals surface area contributed by atoms with Gasteiger partial charge in [-0.25, -0.2) is 4.39 Å². The lowest BCUT2D eigenvalue weighted by atomic mass is 10.1. The van der Waals surface area contributed by atoms with Crippen LogP contribution in [-0.2, 0) is 4.79 Å². The molecule has 0 aromatic heterocycles. The first-order valence-electron chi connectivity index (χ1n) is 5.65. The monoisotopic (exact) mass is 278 g/mol. The second-order valence-corrected chi connectivity index (χ2v) is 4.39. The first-order valence-corrected chi connectivity index (χ1v) is 6.03. The Labute approximate surface area is 115 Å². The number of hydrogen-bond acceptors (Lipinski definition) is 2. The van der Waals surface area contributed by atoms with E-state index in [1.165, 1.54) is 12.1 Å². The fourth-order valence-electron chi connectivity index (χ4n) is 1.67. The van der Waals surface area contributed by atoms with Crippen molar-refractivity contribution < 1.29 is 9.18 Å². The lowest BCUT2D eigenvalue weighted by molar-refractivity contribution is -0.114. The number of hydrogen-bond donors (Lipinski definition) is 2. The van der Waals surface area contributed by atoms with Gasteiger partial charge in [0.05, 0.1) is 12.2 Å². The maximum absolute atomic E-state index is 13.8. The van der Waals surface area contributed by atoms with E-state index < -0.39 is 11.7 Å². The summed E-state index contributed by atoms with van der Waals surface area (Å²) < 4.78 is 13.8. The zero-order valence-electron chi connectivity index (χ0n) is 9.99. The van der Waals surface area contributed by atoms with Gasteiger partial charge in [0.2, 0.25) is 5.91 Å². The molecule has 0 aliphatic rings. The number of carbonyl (C=O) groups is 1. The summed E-state index contributed by atoms with van der Waals surface area (Å²) in [6.07, 6.45) is 0. The number of benzene rings is 2. The Morgan fingerprint density at radius 1 is 1.21 bits per heavy atom. The highest BCUT2D eigenvalue weighted by Crippen LogP contribution is 2.26. The van der Waals surface area contributed by atoms with Crippen molar-refractivity contribution in [2.24, 2.45) is 5.73 Å². The molecule has 98 valence electrons. The number of nitrogens with two attached hydrogens (primary N) is 1. The fraction of sp³-hybridized carbons (Fsp3) is 0.0714. The standard InChI is InChI=1S/C14H12ClFN2O/c15-11-3-1-2-9(6-11)10-4-5-13(12(16)7-10)18-14(19)8-17/h1-7H,8,17H2,(H,18,19). The third-order valence-corrected chi connectivity index (χ3v) is 2.82. The zero-order chi connectivity index (χ0) is 13.8. The van der Waals surface area contributed by atoms with Gasteiger partial charge >= 0.3 is 0 Å². The Hall–Kier alpha value is -1.91. The van der Waals surface area contributed by atoms with Crippen LogP contribution in [0.2, 0.25) is 5.02 Å². The molecular formula is C14H12ClFN2O. The van der Waals surface area contributed by atoms with Crippen molar-refractivity contribution in [1.29, 1.82) is 0 Å². The normalized spacial score (nSPS) is 10.3. The van der Waals surface area contributed by atoms with Crippen molar-refractivity contribution in [1.82, 2.24) is 0 Å². The number of rotatable bonds is 3. The molecule has 0 atom stereocenters. The molecule has 0 heterocycles. The summed E-state index contributed by atoms with van der Waals surface area (Å²) in [7, 11) is 0. The molecule has 0 fully saturated rings. The van der Waals surface area contributed by atoms with Gasteiger partial charge in [-0.1, -0.05) is 29.8 Å². The van der Waals surface area contributed by atoms with Crippen LogP contribution in [-0.4, -0.2) is 12.5 Å². The summed E-state index contributed by atoms with van der Waals surface area (Å²) in [4.78, 5) is 11.1. The molecule has 2 rings (SSSR count). The summed E-state index contributed by atoms with van der Waals surface area (Å²) >= 11 is 5.89. The van der Waals surface area contributed by atoms with Crippen LogP contribution in [0.15, 0.2) is 42.5 Å². The van der Waals surface area contributed by atoms with E-state index in [1.807, 2.05) is 6.07 Å². The Bertz CT molecular complexity index is 616. The van der Waals surface area contributed by atoms with Gasteiger partial charge in [-0.3, -0.25) is 4.79 Å². The number of halogens is 2. The molecule has 19 heavy (non-hydrogen) atoms. The second kappa shape index (κ2) is 5.82. The van der Waals surface area contributed by atoms with Crippen LogP contribution in [0.1, 0.15) is 0 Å². The Morgan fingerprint density at radius 2 is 1.95 bits per heavy atom. The maximum Gasteiger partial charge on any atom is 0.238 e. The predicted octanol–water partition coefficient (Wildman–Crippen LogP) is 3.04. The van der Waals surface area contributed by atoms with Crippen molar-refractivity contribution in [3.05, 3.63) is 53.3 Å².